The summed E-state index contributed by atoms with van der Waals surface area (Å²) in [6, 6.07) is 3.52. The summed E-state index contributed by atoms with van der Waals surface area (Å²) >= 11 is 0. The fraction of sp³-hybridized carbons (Fsp3) is 0.591. The average Bonchev–Trinajstić information content (AvgIpc) is 3.29. The highest BCUT2D eigenvalue weighted by atomic mass is 16.2. The van der Waals surface area contributed by atoms with Crippen LogP contribution in [0.4, 0.5) is 0 Å². The molecule has 0 aromatic carbocycles. The van der Waals surface area contributed by atoms with Crippen molar-refractivity contribution in [1.29, 1.82) is 0 Å². The third-order valence-electron chi connectivity index (χ3n) is 6.03. The maximum absolute atomic E-state index is 13.2. The Kier molecular flexibility index (Phi) is 5.83. The topological polar surface area (TPSA) is 88.4 Å². The third-order valence-corrected chi connectivity index (χ3v) is 6.03. The van der Waals surface area contributed by atoms with Crippen LogP contribution in [0.25, 0.3) is 11.2 Å². The van der Waals surface area contributed by atoms with Crippen molar-refractivity contribution in [3.63, 3.8) is 0 Å². The van der Waals surface area contributed by atoms with Crippen LogP contribution in [0.3, 0.4) is 0 Å². The molecule has 1 aliphatic carbocycles. The summed E-state index contributed by atoms with van der Waals surface area (Å²) in [7, 11) is 0. The molecular formula is C22H29N5O3. The fourth-order valence-corrected chi connectivity index (χ4v) is 4.46. The van der Waals surface area contributed by atoms with E-state index >= 15 is 0 Å². The van der Waals surface area contributed by atoms with E-state index in [9.17, 15) is 14.4 Å². The van der Waals surface area contributed by atoms with Crippen molar-refractivity contribution < 1.29 is 9.59 Å². The summed E-state index contributed by atoms with van der Waals surface area (Å²) in [6.07, 6.45) is 5.83. The molecule has 4 rings (SSSR count). The van der Waals surface area contributed by atoms with E-state index in [0.717, 1.165) is 25.7 Å². The van der Waals surface area contributed by atoms with Gasteiger partial charge in [0.05, 0.1) is 0 Å². The van der Waals surface area contributed by atoms with Gasteiger partial charge in [-0.05, 0) is 30.9 Å². The number of carbonyl (C=O) groups is 2. The predicted octanol–water partition coefficient (Wildman–Crippen LogP) is 1.92. The second-order valence-corrected chi connectivity index (χ2v) is 8.72. The van der Waals surface area contributed by atoms with Gasteiger partial charge in [0.25, 0.3) is 11.5 Å². The Morgan fingerprint density at radius 3 is 2.43 bits per heavy atom. The van der Waals surface area contributed by atoms with Gasteiger partial charge in [0.2, 0.25) is 5.91 Å². The molecule has 2 aliphatic rings. The van der Waals surface area contributed by atoms with Crippen molar-refractivity contribution in [3.8, 4) is 0 Å². The van der Waals surface area contributed by atoms with E-state index in [4.69, 9.17) is 0 Å². The minimum absolute atomic E-state index is 0.0632. The zero-order chi connectivity index (χ0) is 21.3. The molecule has 160 valence electrons. The Labute approximate surface area is 175 Å². The quantitative estimate of drug-likeness (QED) is 0.767. The first-order chi connectivity index (χ1) is 14.5. The number of hydrogen-bond acceptors (Lipinski definition) is 5. The zero-order valence-corrected chi connectivity index (χ0v) is 17.7. The highest BCUT2D eigenvalue weighted by Crippen LogP contribution is 2.27. The highest BCUT2D eigenvalue weighted by Gasteiger charge is 2.32. The standard InChI is InChI=1S/C22H29N5O3/c1-15(2)14-27-19-17(8-5-9-23-19)24-18(22(27)30)21(29)26-12-10-25(11-13-26)20(28)16-6-3-4-7-16/h5,8-9,15-16H,3-4,6-7,10-14H2,1-2H3. The zero-order valence-electron chi connectivity index (χ0n) is 17.7. The number of fused-ring (bicyclic) bond motifs is 1. The molecule has 30 heavy (non-hydrogen) atoms. The van der Waals surface area contributed by atoms with Crippen molar-refractivity contribution >= 4 is 23.0 Å². The molecule has 8 heteroatoms. The van der Waals surface area contributed by atoms with Crippen LogP contribution < -0.4 is 5.56 Å². The Balaban J connectivity index is 1.54. The fourth-order valence-electron chi connectivity index (χ4n) is 4.46. The maximum Gasteiger partial charge on any atom is 0.283 e. The summed E-state index contributed by atoms with van der Waals surface area (Å²) in [6.45, 7) is 6.38. The van der Waals surface area contributed by atoms with Crippen LogP contribution >= 0.6 is 0 Å². The van der Waals surface area contributed by atoms with Crippen molar-refractivity contribution in [1.82, 2.24) is 24.3 Å². The van der Waals surface area contributed by atoms with E-state index in [1.165, 1.54) is 0 Å². The molecule has 0 radical (unpaired) electrons. The second-order valence-electron chi connectivity index (χ2n) is 8.72. The van der Waals surface area contributed by atoms with E-state index in [-0.39, 0.29) is 29.3 Å². The first kappa shape index (κ1) is 20.5. The average molecular weight is 412 g/mol. The normalized spacial score (nSPS) is 17.8. The monoisotopic (exact) mass is 411 g/mol. The first-order valence-electron chi connectivity index (χ1n) is 10.9. The van der Waals surface area contributed by atoms with Gasteiger partial charge in [-0.15, -0.1) is 0 Å². The van der Waals surface area contributed by atoms with E-state index < -0.39 is 5.56 Å². The predicted molar refractivity (Wildman–Crippen MR) is 113 cm³/mol. The molecule has 2 amide bonds. The van der Waals surface area contributed by atoms with Gasteiger partial charge in [-0.25, -0.2) is 9.97 Å². The number of hydrogen-bond donors (Lipinski definition) is 0. The smallest absolute Gasteiger partial charge is 0.283 e. The minimum Gasteiger partial charge on any atom is -0.339 e. The molecule has 0 N–H and O–H groups in total. The van der Waals surface area contributed by atoms with Crippen molar-refractivity contribution in [3.05, 3.63) is 34.4 Å². The molecule has 2 aromatic heterocycles. The molecular weight excluding hydrogens is 382 g/mol. The Hall–Kier alpha value is -2.77. The summed E-state index contributed by atoms with van der Waals surface area (Å²) in [5.74, 6) is 0.221. The van der Waals surface area contributed by atoms with Gasteiger partial charge in [0.1, 0.15) is 5.52 Å². The lowest BCUT2D eigenvalue weighted by atomic mass is 10.1. The molecule has 0 atom stereocenters. The number of pyridine rings is 1. The molecule has 0 bridgehead atoms. The number of rotatable bonds is 4. The maximum atomic E-state index is 13.2. The number of nitrogens with zero attached hydrogens (tertiary/aromatic N) is 5. The minimum atomic E-state index is -0.399. The molecule has 8 nitrogen and oxygen atoms in total. The number of amides is 2. The number of carbonyl (C=O) groups excluding carboxylic acids is 2. The summed E-state index contributed by atoms with van der Waals surface area (Å²) in [5.41, 5.74) is 0.576. The van der Waals surface area contributed by atoms with Crippen LogP contribution in [0.15, 0.2) is 23.1 Å². The lowest BCUT2D eigenvalue weighted by Crippen LogP contribution is -2.52. The SMILES string of the molecule is CC(C)Cn1c(=O)c(C(=O)N2CCN(C(=O)C3CCCC3)CC2)nc2cccnc21. The summed E-state index contributed by atoms with van der Waals surface area (Å²) in [5, 5.41) is 0. The van der Waals surface area contributed by atoms with Gasteiger partial charge in [0, 0.05) is 44.8 Å². The molecule has 0 unspecified atom stereocenters. The largest absolute Gasteiger partial charge is 0.339 e. The molecule has 0 spiro atoms. The molecule has 2 fully saturated rings. The van der Waals surface area contributed by atoms with Crippen molar-refractivity contribution in [2.45, 2.75) is 46.1 Å². The van der Waals surface area contributed by atoms with Crippen molar-refractivity contribution in [2.75, 3.05) is 26.2 Å². The molecule has 1 saturated carbocycles. The van der Waals surface area contributed by atoms with Crippen molar-refractivity contribution in [2.24, 2.45) is 11.8 Å². The number of piperazine rings is 1. The first-order valence-corrected chi connectivity index (χ1v) is 10.9. The van der Waals surface area contributed by atoms with Crippen LogP contribution in [-0.2, 0) is 11.3 Å². The molecule has 1 aliphatic heterocycles. The Morgan fingerprint density at radius 2 is 1.77 bits per heavy atom. The van der Waals surface area contributed by atoms with Crippen LogP contribution in [-0.4, -0.2) is 62.3 Å². The van der Waals surface area contributed by atoms with Gasteiger partial charge >= 0.3 is 0 Å². The lowest BCUT2D eigenvalue weighted by molar-refractivity contribution is -0.136. The van der Waals surface area contributed by atoms with E-state index in [1.54, 1.807) is 27.8 Å². The Bertz CT molecular complexity index is 1000. The van der Waals surface area contributed by atoms with Gasteiger partial charge in [-0.2, -0.15) is 0 Å². The second kappa shape index (κ2) is 8.53. The molecule has 2 aromatic rings. The van der Waals surface area contributed by atoms with Crippen LogP contribution in [0.5, 0.6) is 0 Å². The molecule has 3 heterocycles. The van der Waals surface area contributed by atoms with Crippen LogP contribution in [0.2, 0.25) is 0 Å². The van der Waals surface area contributed by atoms with Crippen LogP contribution in [0, 0.1) is 11.8 Å². The lowest BCUT2D eigenvalue weighted by Gasteiger charge is -2.35. The van der Waals surface area contributed by atoms with Gasteiger partial charge < -0.3 is 9.80 Å². The third kappa shape index (κ3) is 3.95. The van der Waals surface area contributed by atoms with E-state index in [1.807, 2.05) is 18.7 Å². The van der Waals surface area contributed by atoms with Gasteiger partial charge in [-0.1, -0.05) is 26.7 Å². The van der Waals surface area contributed by atoms with E-state index in [2.05, 4.69) is 9.97 Å². The number of aromatic nitrogens is 3. The summed E-state index contributed by atoms with van der Waals surface area (Å²) in [4.78, 5) is 51.1. The Morgan fingerprint density at radius 1 is 1.10 bits per heavy atom. The van der Waals surface area contributed by atoms with Gasteiger partial charge in [-0.3, -0.25) is 19.0 Å². The molecule has 1 saturated heterocycles. The van der Waals surface area contributed by atoms with Crippen LogP contribution in [0.1, 0.15) is 50.0 Å². The van der Waals surface area contributed by atoms with E-state index in [0.29, 0.717) is 43.9 Å². The van der Waals surface area contributed by atoms with Gasteiger partial charge in [0.15, 0.2) is 11.3 Å². The summed E-state index contributed by atoms with van der Waals surface area (Å²) < 4.78 is 1.56. The highest BCUT2D eigenvalue weighted by molar-refractivity contribution is 5.93.